The summed E-state index contributed by atoms with van der Waals surface area (Å²) in [6, 6.07) is 18.5. The lowest BCUT2D eigenvalue weighted by Crippen LogP contribution is -2.52. The van der Waals surface area contributed by atoms with Crippen LogP contribution in [-0.4, -0.2) is 48.9 Å². The molecule has 34 heavy (non-hydrogen) atoms. The van der Waals surface area contributed by atoms with E-state index in [-0.39, 0.29) is 23.4 Å². The Kier molecular flexibility index (Phi) is 9.97. The Bertz CT molecular complexity index is 924. The summed E-state index contributed by atoms with van der Waals surface area (Å²) in [4.78, 5) is 26.9. The van der Waals surface area contributed by atoms with Crippen molar-refractivity contribution in [2.75, 3.05) is 20.6 Å². The fourth-order valence-electron chi connectivity index (χ4n) is 4.89. The number of nitrogens with zero attached hydrogens (tertiary/aromatic N) is 1. The zero-order valence-electron chi connectivity index (χ0n) is 20.5. The second-order valence-corrected chi connectivity index (χ2v) is 10.1. The van der Waals surface area contributed by atoms with E-state index in [1.54, 1.807) is 0 Å². The molecule has 0 heterocycles. The van der Waals surface area contributed by atoms with Gasteiger partial charge in [0.25, 0.3) is 0 Å². The number of hydrogen-bond donors (Lipinski definition) is 2. The number of carbonyl (C=O) groups is 2. The van der Waals surface area contributed by atoms with Crippen molar-refractivity contribution < 1.29 is 9.59 Å². The molecule has 3 rings (SSSR count). The van der Waals surface area contributed by atoms with Gasteiger partial charge < -0.3 is 15.5 Å². The molecule has 2 aromatic carbocycles. The minimum Gasteiger partial charge on any atom is -0.356 e. The van der Waals surface area contributed by atoms with Crippen molar-refractivity contribution in [2.45, 2.75) is 69.4 Å². The SMILES string of the molecule is CN(C)C1(Cc2ccccc2)CCC(NC(=O)CCCC(=O)NCCc2cccc(Cl)c2)CC1. The Labute approximate surface area is 209 Å². The quantitative estimate of drug-likeness (QED) is 0.484. The highest BCUT2D eigenvalue weighted by atomic mass is 35.5. The largest absolute Gasteiger partial charge is 0.356 e. The average molecular weight is 484 g/mol. The molecule has 1 fully saturated rings. The van der Waals surface area contributed by atoms with E-state index < -0.39 is 0 Å². The van der Waals surface area contributed by atoms with Crippen LogP contribution >= 0.6 is 11.6 Å². The Morgan fingerprint density at radius 2 is 1.65 bits per heavy atom. The van der Waals surface area contributed by atoms with Crippen molar-refractivity contribution in [3.8, 4) is 0 Å². The number of benzene rings is 2. The third-order valence-corrected chi connectivity index (χ3v) is 7.27. The van der Waals surface area contributed by atoms with Gasteiger partial charge in [0.05, 0.1) is 0 Å². The maximum atomic E-state index is 12.4. The maximum absolute atomic E-state index is 12.4. The lowest BCUT2D eigenvalue weighted by molar-refractivity contribution is -0.123. The number of amides is 2. The summed E-state index contributed by atoms with van der Waals surface area (Å²) in [6.07, 6.45) is 7.21. The van der Waals surface area contributed by atoms with Gasteiger partial charge in [-0.15, -0.1) is 0 Å². The van der Waals surface area contributed by atoms with E-state index in [0.717, 1.165) is 44.1 Å². The molecule has 5 nitrogen and oxygen atoms in total. The molecule has 0 radical (unpaired) electrons. The van der Waals surface area contributed by atoms with Crippen molar-refractivity contribution >= 4 is 23.4 Å². The van der Waals surface area contributed by atoms with Crippen molar-refractivity contribution in [3.05, 3.63) is 70.7 Å². The fraction of sp³-hybridized carbons (Fsp3) is 0.500. The Hall–Kier alpha value is -2.37. The summed E-state index contributed by atoms with van der Waals surface area (Å²) >= 11 is 5.99. The van der Waals surface area contributed by atoms with E-state index in [9.17, 15) is 9.59 Å². The van der Waals surface area contributed by atoms with Crippen LogP contribution in [0.15, 0.2) is 54.6 Å². The minimum absolute atomic E-state index is 0.0100. The normalized spacial score (nSPS) is 20.2. The molecular formula is C28H38ClN3O2. The van der Waals surface area contributed by atoms with Gasteiger partial charge in [-0.3, -0.25) is 9.59 Å². The van der Waals surface area contributed by atoms with Gasteiger partial charge in [0.1, 0.15) is 0 Å². The van der Waals surface area contributed by atoms with Crippen LogP contribution in [0.1, 0.15) is 56.1 Å². The summed E-state index contributed by atoms with van der Waals surface area (Å²) in [5, 5.41) is 6.83. The predicted octanol–water partition coefficient (Wildman–Crippen LogP) is 4.77. The summed E-state index contributed by atoms with van der Waals surface area (Å²) in [5.41, 5.74) is 2.61. The van der Waals surface area contributed by atoms with E-state index in [0.29, 0.717) is 30.8 Å². The molecule has 1 saturated carbocycles. The van der Waals surface area contributed by atoms with Crippen LogP contribution in [0.2, 0.25) is 5.02 Å². The zero-order chi connectivity index (χ0) is 24.4. The van der Waals surface area contributed by atoms with Crippen LogP contribution in [0.3, 0.4) is 0 Å². The molecule has 0 aliphatic heterocycles. The highest BCUT2D eigenvalue weighted by molar-refractivity contribution is 6.30. The topological polar surface area (TPSA) is 61.4 Å². The van der Waals surface area contributed by atoms with Crippen molar-refractivity contribution in [2.24, 2.45) is 0 Å². The molecule has 184 valence electrons. The highest BCUT2D eigenvalue weighted by Crippen LogP contribution is 2.35. The summed E-state index contributed by atoms with van der Waals surface area (Å²) in [5.74, 6) is 0.0429. The number of nitrogens with one attached hydrogen (secondary N) is 2. The molecule has 1 aliphatic carbocycles. The first kappa shape index (κ1) is 26.2. The van der Waals surface area contributed by atoms with Crippen LogP contribution in [-0.2, 0) is 22.4 Å². The standard InChI is InChI=1S/C28H38ClN3O2/c1-32(2)28(21-23-8-4-3-5-9-23)17-14-25(15-18-28)31-27(34)13-7-12-26(33)30-19-16-22-10-6-11-24(29)20-22/h3-6,8-11,20,25H,7,12-19,21H2,1-2H3,(H,30,33)(H,31,34). The van der Waals surface area contributed by atoms with E-state index in [4.69, 9.17) is 11.6 Å². The first-order chi connectivity index (χ1) is 16.4. The fourth-order valence-corrected chi connectivity index (χ4v) is 5.11. The lowest BCUT2D eigenvalue weighted by atomic mass is 9.75. The predicted molar refractivity (Wildman–Crippen MR) is 139 cm³/mol. The van der Waals surface area contributed by atoms with E-state index in [1.165, 1.54) is 5.56 Å². The first-order valence-electron chi connectivity index (χ1n) is 12.4. The molecule has 0 bridgehead atoms. The third kappa shape index (κ3) is 8.14. The van der Waals surface area contributed by atoms with E-state index >= 15 is 0 Å². The van der Waals surface area contributed by atoms with Gasteiger partial charge in [-0.1, -0.05) is 54.1 Å². The molecule has 0 spiro atoms. The smallest absolute Gasteiger partial charge is 0.220 e. The van der Waals surface area contributed by atoms with E-state index in [1.807, 2.05) is 24.3 Å². The van der Waals surface area contributed by atoms with Crippen LogP contribution in [0.4, 0.5) is 0 Å². The van der Waals surface area contributed by atoms with Gasteiger partial charge in [0.15, 0.2) is 0 Å². The molecule has 0 saturated heterocycles. The van der Waals surface area contributed by atoms with Crippen molar-refractivity contribution in [1.29, 1.82) is 0 Å². The number of likely N-dealkylation sites (N-methyl/N-ethyl adjacent to an activating group) is 1. The van der Waals surface area contributed by atoms with Gasteiger partial charge in [0, 0.05) is 36.0 Å². The zero-order valence-corrected chi connectivity index (χ0v) is 21.2. The van der Waals surface area contributed by atoms with Gasteiger partial charge >= 0.3 is 0 Å². The third-order valence-electron chi connectivity index (χ3n) is 7.04. The molecule has 2 aromatic rings. The molecular weight excluding hydrogens is 446 g/mol. The monoisotopic (exact) mass is 483 g/mol. The Morgan fingerprint density at radius 3 is 2.32 bits per heavy atom. The number of halogens is 1. The molecule has 6 heteroatoms. The molecule has 0 aromatic heterocycles. The lowest BCUT2D eigenvalue weighted by Gasteiger charge is -2.45. The summed E-state index contributed by atoms with van der Waals surface area (Å²) in [6.45, 7) is 0.573. The van der Waals surface area contributed by atoms with Crippen molar-refractivity contribution in [3.63, 3.8) is 0 Å². The second-order valence-electron chi connectivity index (χ2n) is 9.71. The average Bonchev–Trinajstić information content (AvgIpc) is 2.81. The van der Waals surface area contributed by atoms with Crippen LogP contribution in [0.25, 0.3) is 0 Å². The number of carbonyl (C=O) groups excluding carboxylic acids is 2. The molecule has 1 aliphatic rings. The van der Waals surface area contributed by atoms with Gasteiger partial charge in [-0.25, -0.2) is 0 Å². The summed E-state index contributed by atoms with van der Waals surface area (Å²) in [7, 11) is 4.34. The summed E-state index contributed by atoms with van der Waals surface area (Å²) < 4.78 is 0. The van der Waals surface area contributed by atoms with E-state index in [2.05, 4.69) is 60.0 Å². The second kappa shape index (κ2) is 12.9. The highest BCUT2D eigenvalue weighted by Gasteiger charge is 2.37. The molecule has 0 atom stereocenters. The molecule has 2 amide bonds. The van der Waals surface area contributed by atoms with Crippen LogP contribution in [0.5, 0.6) is 0 Å². The maximum Gasteiger partial charge on any atom is 0.220 e. The Balaban J connectivity index is 1.32. The van der Waals surface area contributed by atoms with Gasteiger partial charge in [-0.2, -0.15) is 0 Å². The van der Waals surface area contributed by atoms with Crippen LogP contribution in [0, 0.1) is 0 Å². The number of hydrogen-bond acceptors (Lipinski definition) is 3. The number of rotatable bonds is 11. The molecule has 2 N–H and O–H groups in total. The minimum atomic E-state index is -0.0100. The van der Waals surface area contributed by atoms with Crippen molar-refractivity contribution in [1.82, 2.24) is 15.5 Å². The van der Waals surface area contributed by atoms with Gasteiger partial charge in [0.2, 0.25) is 11.8 Å². The molecule has 0 unspecified atom stereocenters. The Morgan fingerprint density at radius 1 is 0.971 bits per heavy atom. The first-order valence-corrected chi connectivity index (χ1v) is 12.8. The van der Waals surface area contributed by atoms with Crippen LogP contribution < -0.4 is 10.6 Å². The van der Waals surface area contributed by atoms with Gasteiger partial charge in [-0.05, 0) is 82.3 Å².